The number of nitrogens with zero attached hydrogens (tertiary/aromatic N) is 3. The second-order valence-corrected chi connectivity index (χ2v) is 8.03. The predicted octanol–water partition coefficient (Wildman–Crippen LogP) is 1.48. The molecule has 0 unspecified atom stereocenters. The highest BCUT2D eigenvalue weighted by atomic mass is 32.2. The Morgan fingerprint density at radius 1 is 1.24 bits per heavy atom. The number of aryl methyl sites for hydroxylation is 1. The third-order valence-electron chi connectivity index (χ3n) is 4.44. The van der Waals surface area contributed by atoms with Crippen LogP contribution < -0.4 is 11.1 Å². The summed E-state index contributed by atoms with van der Waals surface area (Å²) in [5.41, 5.74) is 5.50. The van der Waals surface area contributed by atoms with Crippen LogP contribution in [0.3, 0.4) is 0 Å². The summed E-state index contributed by atoms with van der Waals surface area (Å²) in [7, 11) is -1.60. The number of urea groups is 1. The van der Waals surface area contributed by atoms with Crippen LogP contribution in [0.5, 0.6) is 0 Å². The van der Waals surface area contributed by atoms with Crippen molar-refractivity contribution >= 4 is 21.7 Å². The van der Waals surface area contributed by atoms with E-state index >= 15 is 0 Å². The van der Waals surface area contributed by atoms with Crippen molar-refractivity contribution in [2.24, 2.45) is 12.8 Å². The Labute approximate surface area is 146 Å². The van der Waals surface area contributed by atoms with Crippen LogP contribution in [-0.4, -0.2) is 41.4 Å². The van der Waals surface area contributed by atoms with Gasteiger partial charge in [-0.15, -0.1) is 0 Å². The van der Waals surface area contributed by atoms with Gasteiger partial charge in [-0.1, -0.05) is 0 Å². The third kappa shape index (κ3) is 3.67. The van der Waals surface area contributed by atoms with E-state index in [2.05, 4.69) is 10.3 Å². The SMILES string of the molecule is Cn1ccnc1C1CCN(S(=O)(=O)c2ccc(NC(N)=O)cc2)CC1. The fourth-order valence-corrected chi connectivity index (χ4v) is 4.60. The summed E-state index contributed by atoms with van der Waals surface area (Å²) in [6.45, 7) is 0.919. The van der Waals surface area contributed by atoms with Gasteiger partial charge in [-0.05, 0) is 37.1 Å². The lowest BCUT2D eigenvalue weighted by molar-refractivity contribution is 0.259. The fourth-order valence-electron chi connectivity index (χ4n) is 3.13. The number of benzene rings is 1. The van der Waals surface area contributed by atoms with Crippen molar-refractivity contribution < 1.29 is 13.2 Å². The van der Waals surface area contributed by atoms with Crippen molar-refractivity contribution in [2.45, 2.75) is 23.7 Å². The van der Waals surface area contributed by atoms with Crippen LogP contribution in [-0.2, 0) is 17.1 Å². The minimum Gasteiger partial charge on any atom is -0.351 e. The molecule has 3 rings (SSSR count). The van der Waals surface area contributed by atoms with Gasteiger partial charge in [0.05, 0.1) is 4.90 Å². The number of carbonyl (C=O) groups excluding carboxylic acids is 1. The number of nitrogens with two attached hydrogens (primary N) is 1. The minimum absolute atomic E-state index is 0.206. The van der Waals surface area contributed by atoms with Crippen LogP contribution in [0.25, 0.3) is 0 Å². The summed E-state index contributed by atoms with van der Waals surface area (Å²) in [5, 5.41) is 2.41. The quantitative estimate of drug-likeness (QED) is 0.857. The molecular formula is C16H21N5O3S. The number of hydrogen-bond acceptors (Lipinski definition) is 4. The Bertz CT molecular complexity index is 852. The molecule has 8 nitrogen and oxygen atoms in total. The smallest absolute Gasteiger partial charge is 0.316 e. The number of carbonyl (C=O) groups is 1. The van der Waals surface area contributed by atoms with Gasteiger partial charge in [0.2, 0.25) is 10.0 Å². The Morgan fingerprint density at radius 3 is 2.40 bits per heavy atom. The van der Waals surface area contributed by atoms with E-state index in [4.69, 9.17) is 5.73 Å². The second-order valence-electron chi connectivity index (χ2n) is 6.09. The van der Waals surface area contributed by atoms with E-state index < -0.39 is 16.1 Å². The molecule has 0 bridgehead atoms. The largest absolute Gasteiger partial charge is 0.351 e. The van der Waals surface area contributed by atoms with E-state index in [0.29, 0.717) is 18.8 Å². The zero-order chi connectivity index (χ0) is 18.0. The molecule has 0 radical (unpaired) electrons. The molecule has 0 saturated carbocycles. The first-order chi connectivity index (χ1) is 11.9. The normalized spacial score (nSPS) is 16.7. The van der Waals surface area contributed by atoms with Crippen LogP contribution in [0.1, 0.15) is 24.6 Å². The van der Waals surface area contributed by atoms with Gasteiger partial charge in [-0.25, -0.2) is 18.2 Å². The number of anilines is 1. The molecule has 0 atom stereocenters. The highest BCUT2D eigenvalue weighted by Gasteiger charge is 2.31. The topological polar surface area (TPSA) is 110 Å². The molecule has 1 aromatic heterocycles. The number of piperidine rings is 1. The number of primary amides is 1. The standard InChI is InChI=1S/C16H21N5O3S/c1-20-11-8-18-15(20)12-6-9-21(10-7-12)25(23,24)14-4-2-13(3-5-14)19-16(17)22/h2-5,8,11-12H,6-7,9-10H2,1H3,(H3,17,19,22). The van der Waals surface area contributed by atoms with Crippen LogP contribution in [0, 0.1) is 0 Å². The first-order valence-electron chi connectivity index (χ1n) is 8.02. The van der Waals surface area contributed by atoms with Crippen molar-refractivity contribution in [3.05, 3.63) is 42.5 Å². The molecule has 0 spiro atoms. The maximum atomic E-state index is 12.8. The molecule has 1 aliphatic heterocycles. The van der Waals surface area contributed by atoms with Crippen LogP contribution >= 0.6 is 0 Å². The van der Waals surface area contributed by atoms with Gasteiger partial charge in [0.1, 0.15) is 5.82 Å². The maximum absolute atomic E-state index is 12.8. The van der Waals surface area contributed by atoms with Crippen molar-refractivity contribution in [2.75, 3.05) is 18.4 Å². The highest BCUT2D eigenvalue weighted by molar-refractivity contribution is 7.89. The van der Waals surface area contributed by atoms with E-state index in [1.807, 2.05) is 17.8 Å². The lowest BCUT2D eigenvalue weighted by Gasteiger charge is -2.30. The summed E-state index contributed by atoms with van der Waals surface area (Å²) < 4.78 is 29.0. The molecule has 3 N–H and O–H groups in total. The van der Waals surface area contributed by atoms with Gasteiger partial charge in [0.15, 0.2) is 0 Å². The monoisotopic (exact) mass is 363 g/mol. The molecule has 1 saturated heterocycles. The maximum Gasteiger partial charge on any atom is 0.316 e. The van der Waals surface area contributed by atoms with E-state index in [9.17, 15) is 13.2 Å². The molecule has 25 heavy (non-hydrogen) atoms. The van der Waals surface area contributed by atoms with Gasteiger partial charge < -0.3 is 15.6 Å². The Hall–Kier alpha value is -2.39. The second kappa shape index (κ2) is 6.85. The number of nitrogens with one attached hydrogen (secondary N) is 1. The third-order valence-corrected chi connectivity index (χ3v) is 6.35. The number of aromatic nitrogens is 2. The Morgan fingerprint density at radius 2 is 1.88 bits per heavy atom. The number of imidazole rings is 1. The van der Waals surface area contributed by atoms with Crippen molar-refractivity contribution in [3.63, 3.8) is 0 Å². The Kier molecular flexibility index (Phi) is 4.78. The summed E-state index contributed by atoms with van der Waals surface area (Å²) in [5.74, 6) is 1.27. The molecule has 1 aliphatic rings. The van der Waals surface area contributed by atoms with E-state index in [1.165, 1.54) is 28.6 Å². The number of hydrogen-bond donors (Lipinski definition) is 2. The zero-order valence-electron chi connectivity index (χ0n) is 13.9. The van der Waals surface area contributed by atoms with Gasteiger partial charge in [-0.3, -0.25) is 0 Å². The summed E-state index contributed by atoms with van der Waals surface area (Å²) in [6.07, 6.45) is 5.15. The van der Waals surface area contributed by atoms with E-state index in [-0.39, 0.29) is 10.8 Å². The lowest BCUT2D eigenvalue weighted by atomic mass is 9.97. The predicted molar refractivity (Wildman–Crippen MR) is 93.6 cm³/mol. The molecule has 2 aromatic rings. The first kappa shape index (κ1) is 17.4. The van der Waals surface area contributed by atoms with Crippen molar-refractivity contribution in [1.82, 2.24) is 13.9 Å². The molecule has 1 aromatic carbocycles. The van der Waals surface area contributed by atoms with E-state index in [1.54, 1.807) is 6.20 Å². The average Bonchev–Trinajstić information content (AvgIpc) is 3.01. The summed E-state index contributed by atoms with van der Waals surface area (Å²) in [4.78, 5) is 15.4. The average molecular weight is 363 g/mol. The van der Waals surface area contributed by atoms with Gasteiger partial charge in [0, 0.05) is 44.1 Å². The van der Waals surface area contributed by atoms with E-state index in [0.717, 1.165) is 18.7 Å². The zero-order valence-corrected chi connectivity index (χ0v) is 14.7. The summed E-state index contributed by atoms with van der Waals surface area (Å²) in [6, 6.07) is 5.32. The first-order valence-corrected chi connectivity index (χ1v) is 9.46. The fraction of sp³-hybridized carbons (Fsp3) is 0.375. The summed E-state index contributed by atoms with van der Waals surface area (Å²) >= 11 is 0. The van der Waals surface area contributed by atoms with Gasteiger partial charge >= 0.3 is 6.03 Å². The molecule has 2 amide bonds. The number of rotatable bonds is 4. The Balaban J connectivity index is 1.69. The van der Waals surface area contributed by atoms with Crippen molar-refractivity contribution in [3.8, 4) is 0 Å². The molecule has 9 heteroatoms. The van der Waals surface area contributed by atoms with Crippen LogP contribution in [0.15, 0.2) is 41.6 Å². The lowest BCUT2D eigenvalue weighted by Crippen LogP contribution is -2.38. The molecular weight excluding hydrogens is 342 g/mol. The highest BCUT2D eigenvalue weighted by Crippen LogP contribution is 2.29. The van der Waals surface area contributed by atoms with Crippen LogP contribution in [0.4, 0.5) is 10.5 Å². The van der Waals surface area contributed by atoms with Crippen molar-refractivity contribution in [1.29, 1.82) is 0 Å². The molecule has 0 aliphatic carbocycles. The van der Waals surface area contributed by atoms with Gasteiger partial charge in [-0.2, -0.15) is 4.31 Å². The molecule has 1 fully saturated rings. The number of amides is 2. The van der Waals surface area contributed by atoms with Gasteiger partial charge in [0.25, 0.3) is 0 Å². The minimum atomic E-state index is -3.55. The molecule has 134 valence electrons. The van der Waals surface area contributed by atoms with Crippen LogP contribution in [0.2, 0.25) is 0 Å². The number of sulfonamides is 1. The molecule has 2 heterocycles.